The van der Waals surface area contributed by atoms with Crippen LogP contribution in [0.3, 0.4) is 0 Å². The van der Waals surface area contributed by atoms with Gasteiger partial charge in [0.25, 0.3) is 0 Å². The average molecular weight is 326 g/mol. The second kappa shape index (κ2) is 6.27. The SMILES string of the molecule is COc1ccc(CC2(CC(C)C)CCCN2)cc1Br. The normalized spacial score (nSPS) is 23.0. The van der Waals surface area contributed by atoms with E-state index in [2.05, 4.69) is 53.3 Å². The third-order valence-corrected chi connectivity index (χ3v) is 4.51. The van der Waals surface area contributed by atoms with Crippen LogP contribution in [-0.4, -0.2) is 19.2 Å². The molecule has 1 atom stereocenters. The first-order valence-corrected chi connectivity index (χ1v) is 7.91. The molecule has 1 fully saturated rings. The Labute approximate surface area is 125 Å². The van der Waals surface area contributed by atoms with Crippen molar-refractivity contribution >= 4 is 15.9 Å². The third-order valence-electron chi connectivity index (χ3n) is 3.89. The van der Waals surface area contributed by atoms with Gasteiger partial charge >= 0.3 is 0 Å². The lowest BCUT2D eigenvalue weighted by Crippen LogP contribution is -2.43. The topological polar surface area (TPSA) is 21.3 Å². The fourth-order valence-corrected chi connectivity index (χ4v) is 3.85. The first-order valence-electron chi connectivity index (χ1n) is 7.12. The molecule has 106 valence electrons. The maximum absolute atomic E-state index is 5.30. The molecule has 0 amide bonds. The van der Waals surface area contributed by atoms with Crippen LogP contribution in [0.25, 0.3) is 0 Å². The summed E-state index contributed by atoms with van der Waals surface area (Å²) in [6.07, 6.45) is 4.93. The van der Waals surface area contributed by atoms with Crippen molar-refractivity contribution in [1.82, 2.24) is 5.32 Å². The highest BCUT2D eigenvalue weighted by Gasteiger charge is 2.34. The molecule has 0 aliphatic carbocycles. The minimum absolute atomic E-state index is 0.294. The van der Waals surface area contributed by atoms with Crippen LogP contribution in [0.1, 0.15) is 38.7 Å². The number of rotatable bonds is 5. The van der Waals surface area contributed by atoms with Crippen LogP contribution in [0, 0.1) is 5.92 Å². The first kappa shape index (κ1) is 14.9. The van der Waals surface area contributed by atoms with Gasteiger partial charge in [0.15, 0.2) is 0 Å². The van der Waals surface area contributed by atoms with Gasteiger partial charge in [0.05, 0.1) is 11.6 Å². The molecule has 1 aliphatic rings. The zero-order chi connectivity index (χ0) is 13.9. The van der Waals surface area contributed by atoms with E-state index >= 15 is 0 Å². The van der Waals surface area contributed by atoms with E-state index in [1.807, 2.05) is 0 Å². The van der Waals surface area contributed by atoms with Gasteiger partial charge in [0.1, 0.15) is 5.75 Å². The zero-order valence-corrected chi connectivity index (χ0v) is 13.7. The predicted octanol–water partition coefficient (Wildman–Crippen LogP) is 4.17. The van der Waals surface area contributed by atoms with Crippen LogP contribution in [0.15, 0.2) is 22.7 Å². The second-order valence-electron chi connectivity index (χ2n) is 6.05. The van der Waals surface area contributed by atoms with Crippen molar-refractivity contribution in [3.05, 3.63) is 28.2 Å². The number of nitrogens with one attached hydrogen (secondary N) is 1. The molecule has 1 aromatic rings. The molecular weight excluding hydrogens is 302 g/mol. The molecule has 0 bridgehead atoms. The molecule has 2 nitrogen and oxygen atoms in total. The summed E-state index contributed by atoms with van der Waals surface area (Å²) in [5.41, 5.74) is 1.67. The second-order valence-corrected chi connectivity index (χ2v) is 6.91. The molecule has 0 spiro atoms. The molecule has 0 radical (unpaired) electrons. The summed E-state index contributed by atoms with van der Waals surface area (Å²) in [6, 6.07) is 6.43. The Bertz CT molecular complexity index is 425. The van der Waals surface area contributed by atoms with Gasteiger partial charge in [-0.05, 0) is 71.8 Å². The lowest BCUT2D eigenvalue weighted by Gasteiger charge is -2.32. The maximum atomic E-state index is 5.30. The van der Waals surface area contributed by atoms with E-state index in [9.17, 15) is 0 Å². The van der Waals surface area contributed by atoms with Gasteiger partial charge in [-0.3, -0.25) is 0 Å². The number of ether oxygens (including phenoxy) is 1. The first-order chi connectivity index (χ1) is 9.04. The summed E-state index contributed by atoms with van der Waals surface area (Å²) in [6.45, 7) is 5.78. The van der Waals surface area contributed by atoms with Crippen molar-refractivity contribution in [1.29, 1.82) is 0 Å². The van der Waals surface area contributed by atoms with Crippen LogP contribution >= 0.6 is 15.9 Å². The van der Waals surface area contributed by atoms with Crippen LogP contribution in [0.4, 0.5) is 0 Å². The Morgan fingerprint density at radius 2 is 2.21 bits per heavy atom. The van der Waals surface area contributed by atoms with Gasteiger partial charge < -0.3 is 10.1 Å². The fraction of sp³-hybridized carbons (Fsp3) is 0.625. The number of benzene rings is 1. The highest BCUT2D eigenvalue weighted by Crippen LogP contribution is 2.33. The quantitative estimate of drug-likeness (QED) is 0.877. The minimum Gasteiger partial charge on any atom is -0.496 e. The van der Waals surface area contributed by atoms with Gasteiger partial charge in [0.2, 0.25) is 0 Å². The molecule has 1 heterocycles. The van der Waals surface area contributed by atoms with Crippen molar-refractivity contribution in [3.63, 3.8) is 0 Å². The molecule has 19 heavy (non-hydrogen) atoms. The van der Waals surface area contributed by atoms with Crippen molar-refractivity contribution < 1.29 is 4.74 Å². The van der Waals surface area contributed by atoms with Crippen LogP contribution < -0.4 is 10.1 Å². The summed E-state index contributed by atoms with van der Waals surface area (Å²) in [5, 5.41) is 3.75. The number of halogens is 1. The van der Waals surface area contributed by atoms with Crippen molar-refractivity contribution in [3.8, 4) is 5.75 Å². The Morgan fingerprint density at radius 3 is 2.74 bits per heavy atom. The van der Waals surface area contributed by atoms with Gasteiger partial charge in [-0.15, -0.1) is 0 Å². The van der Waals surface area contributed by atoms with Crippen LogP contribution in [-0.2, 0) is 6.42 Å². The molecule has 1 aliphatic heterocycles. The monoisotopic (exact) mass is 325 g/mol. The summed E-state index contributed by atoms with van der Waals surface area (Å²) in [7, 11) is 1.71. The fourth-order valence-electron chi connectivity index (χ4n) is 3.26. The Morgan fingerprint density at radius 1 is 1.42 bits per heavy atom. The van der Waals surface area contributed by atoms with Crippen molar-refractivity contribution in [2.45, 2.75) is 45.1 Å². The Balaban J connectivity index is 2.15. The van der Waals surface area contributed by atoms with Gasteiger partial charge in [-0.25, -0.2) is 0 Å². The summed E-state index contributed by atoms with van der Waals surface area (Å²) in [5.74, 6) is 1.63. The maximum Gasteiger partial charge on any atom is 0.133 e. The van der Waals surface area contributed by atoms with E-state index in [-0.39, 0.29) is 0 Å². The van der Waals surface area contributed by atoms with Gasteiger partial charge in [-0.1, -0.05) is 19.9 Å². The largest absolute Gasteiger partial charge is 0.496 e. The van der Waals surface area contributed by atoms with E-state index in [0.29, 0.717) is 5.54 Å². The van der Waals surface area contributed by atoms with Gasteiger partial charge in [0, 0.05) is 5.54 Å². The third kappa shape index (κ3) is 3.73. The molecular formula is C16H24BrNO. The molecule has 2 rings (SSSR count). The summed E-state index contributed by atoms with van der Waals surface area (Å²) >= 11 is 3.58. The van der Waals surface area contributed by atoms with Crippen LogP contribution in [0.2, 0.25) is 0 Å². The van der Waals surface area contributed by atoms with Gasteiger partial charge in [-0.2, -0.15) is 0 Å². The number of hydrogen-bond acceptors (Lipinski definition) is 2. The molecule has 0 saturated carbocycles. The predicted molar refractivity (Wildman–Crippen MR) is 83.8 cm³/mol. The zero-order valence-electron chi connectivity index (χ0n) is 12.1. The van der Waals surface area contributed by atoms with Crippen molar-refractivity contribution in [2.24, 2.45) is 5.92 Å². The highest BCUT2D eigenvalue weighted by molar-refractivity contribution is 9.10. The number of hydrogen-bond donors (Lipinski definition) is 1. The molecule has 1 unspecified atom stereocenters. The van der Waals surface area contributed by atoms with E-state index in [1.165, 1.54) is 24.8 Å². The van der Waals surface area contributed by atoms with E-state index in [1.54, 1.807) is 7.11 Å². The molecule has 3 heteroatoms. The summed E-state index contributed by atoms with van der Waals surface area (Å²) < 4.78 is 6.34. The van der Waals surface area contributed by atoms with Crippen molar-refractivity contribution in [2.75, 3.05) is 13.7 Å². The lowest BCUT2D eigenvalue weighted by atomic mass is 9.82. The minimum atomic E-state index is 0.294. The lowest BCUT2D eigenvalue weighted by molar-refractivity contribution is 0.301. The molecule has 0 aromatic heterocycles. The van der Waals surface area contributed by atoms with E-state index < -0.39 is 0 Å². The Hall–Kier alpha value is -0.540. The Kier molecular flexibility index (Phi) is 4.91. The smallest absolute Gasteiger partial charge is 0.133 e. The van der Waals surface area contributed by atoms with Crippen LogP contribution in [0.5, 0.6) is 5.75 Å². The standard InChI is InChI=1S/C16H24BrNO/c1-12(2)10-16(7-4-8-18-16)11-13-5-6-15(19-3)14(17)9-13/h5-6,9,12,18H,4,7-8,10-11H2,1-3H3. The summed E-state index contributed by atoms with van der Waals surface area (Å²) in [4.78, 5) is 0. The number of methoxy groups -OCH3 is 1. The molecule has 1 aromatic carbocycles. The average Bonchev–Trinajstić information content (AvgIpc) is 2.76. The van der Waals surface area contributed by atoms with E-state index in [0.717, 1.165) is 29.1 Å². The highest BCUT2D eigenvalue weighted by atomic mass is 79.9. The van der Waals surface area contributed by atoms with E-state index in [4.69, 9.17) is 4.74 Å². The molecule has 1 N–H and O–H groups in total. The molecule has 1 saturated heterocycles.